The minimum atomic E-state index is -0.580. The fourth-order valence-electron chi connectivity index (χ4n) is 12.9. The largest absolute Gasteiger partial charge is 0.322 e. The van der Waals surface area contributed by atoms with Gasteiger partial charge in [0.15, 0.2) is 5.82 Å². The third kappa shape index (κ3) is 11.0. The Bertz CT molecular complexity index is 4540. The normalized spacial score (nSPS) is 12.0. The number of hydrogen-bond donors (Lipinski definition) is 3. The van der Waals surface area contributed by atoms with Crippen LogP contribution in [-0.2, 0) is 57.0 Å². The Balaban J connectivity index is 0.000000148. The number of benzene rings is 3. The summed E-state index contributed by atoms with van der Waals surface area (Å²) in [6.07, 6.45) is 13.6. The third-order valence-corrected chi connectivity index (χ3v) is 18.2. The molecule has 0 aliphatic rings. The Morgan fingerprint density at radius 2 is 0.833 bits per heavy atom. The number of pyridine rings is 3. The molecule has 0 atom stereocenters. The lowest BCUT2D eigenvalue weighted by Crippen LogP contribution is -2.36. The number of hydrogen-bond acceptors (Lipinski definition) is 12. The van der Waals surface area contributed by atoms with Crippen LogP contribution in [-0.4, -0.2) is 88.6 Å². The summed E-state index contributed by atoms with van der Waals surface area (Å²) >= 11 is 0. The van der Waals surface area contributed by atoms with Gasteiger partial charge in [0.25, 0.3) is 16.7 Å². The Hall–Kier alpha value is -9.87. The minimum absolute atomic E-state index is 0.205. The third-order valence-electron chi connectivity index (χ3n) is 18.2. The van der Waals surface area contributed by atoms with Gasteiger partial charge in [-0.1, -0.05) is 59.7 Å². The molecule has 21 nitrogen and oxygen atoms in total. The molecule has 0 aliphatic carbocycles. The van der Waals surface area contributed by atoms with E-state index in [1.54, 1.807) is 36.1 Å². The van der Waals surface area contributed by atoms with Gasteiger partial charge in [-0.3, -0.25) is 37.8 Å². The zero-order chi connectivity index (χ0) is 64.4. The zero-order valence-corrected chi connectivity index (χ0v) is 52.8. The molecular formula is C66H75F3N18O3. The topological polar surface area (TPSA) is 244 Å². The monoisotopic (exact) mass is 1220 g/mol. The van der Waals surface area contributed by atoms with E-state index in [-0.39, 0.29) is 34.1 Å². The lowest BCUT2D eigenvalue weighted by Gasteiger charge is -2.30. The first-order valence-corrected chi connectivity index (χ1v) is 30.6. The van der Waals surface area contributed by atoms with Crippen LogP contribution in [0.3, 0.4) is 0 Å². The lowest BCUT2D eigenvalue weighted by molar-refractivity contribution is 0.423. The lowest BCUT2D eigenvalue weighted by atomic mass is 9.75. The smallest absolute Gasteiger partial charge is 0.252 e. The number of rotatable bonds is 18. The van der Waals surface area contributed by atoms with Gasteiger partial charge in [-0.05, 0) is 114 Å². The Labute approximate surface area is 517 Å². The second kappa shape index (κ2) is 25.7. The molecule has 0 spiro atoms. The highest BCUT2D eigenvalue weighted by molar-refractivity contribution is 5.86. The van der Waals surface area contributed by atoms with E-state index in [0.29, 0.717) is 147 Å². The van der Waals surface area contributed by atoms with E-state index >= 15 is 0 Å². The zero-order valence-electron chi connectivity index (χ0n) is 52.8. The molecule has 3 aromatic carbocycles. The van der Waals surface area contributed by atoms with Gasteiger partial charge in [-0.25, -0.2) is 23.1 Å². The van der Waals surface area contributed by atoms with E-state index in [2.05, 4.69) is 60.6 Å². The first-order chi connectivity index (χ1) is 43.3. The molecule has 9 aromatic heterocycles. The van der Waals surface area contributed by atoms with Gasteiger partial charge in [0.1, 0.15) is 48.1 Å². The summed E-state index contributed by atoms with van der Waals surface area (Å²) in [7, 11) is 5.53. The standard InChI is InChI=1S/3C22H25FN6O/c1-5-22(6-2,21-27-24-13-28(21)4)16-8-9-18(26-20(16)30)14-10-17(23)15-12-25-29(7-3)19(15)11-14;1-5-22(6-2,21-24-13-28(4)27-21)16-8-9-18(26-20(16)30)14-10-17(23)15-12-25-29(7-3)19(15)11-14;1-5-22(6-2,21-24-13-26-28(21)4)16-8-9-18(27-20(16)30)14-10-17(23)15-12-25-29(7-3)19(15)11-14/h2*8-13H,5-7H2,1-4H3,(H,26,30);8-13H,5-7H2,1-4H3,(H,27,30). The van der Waals surface area contributed by atoms with Gasteiger partial charge in [-0.15, -0.1) is 10.2 Å². The average molecular weight is 1230 g/mol. The molecule has 12 rings (SSSR count). The molecule has 0 saturated heterocycles. The van der Waals surface area contributed by atoms with E-state index in [4.69, 9.17) is 0 Å². The van der Waals surface area contributed by atoms with Crippen molar-refractivity contribution in [2.24, 2.45) is 21.1 Å². The number of aryl methyl sites for hydroxylation is 6. The molecule has 12 aromatic rings. The van der Waals surface area contributed by atoms with Crippen molar-refractivity contribution in [3.05, 3.63) is 193 Å². The van der Waals surface area contributed by atoms with E-state index < -0.39 is 16.2 Å². The highest BCUT2D eigenvalue weighted by Crippen LogP contribution is 2.39. The quantitative estimate of drug-likeness (QED) is 0.0726. The average Bonchev–Trinajstić information content (AvgIpc) is 1.35. The van der Waals surface area contributed by atoms with Crippen LogP contribution < -0.4 is 16.7 Å². The predicted molar refractivity (Wildman–Crippen MR) is 341 cm³/mol. The molecule has 0 aliphatic heterocycles. The molecule has 0 amide bonds. The first-order valence-electron chi connectivity index (χ1n) is 30.6. The predicted octanol–water partition coefficient (Wildman–Crippen LogP) is 11.4. The second-order valence-electron chi connectivity index (χ2n) is 22.5. The van der Waals surface area contributed by atoms with Crippen molar-refractivity contribution in [1.82, 2.24) is 88.6 Å². The van der Waals surface area contributed by atoms with Crippen molar-refractivity contribution >= 4 is 32.7 Å². The number of aromatic amines is 3. The molecule has 0 fully saturated rings. The summed E-state index contributed by atoms with van der Waals surface area (Å²) in [6, 6.07) is 20.8. The fourth-order valence-corrected chi connectivity index (χ4v) is 12.9. The summed E-state index contributed by atoms with van der Waals surface area (Å²) < 4.78 is 54.3. The van der Waals surface area contributed by atoms with E-state index in [1.807, 2.05) is 143 Å². The summed E-state index contributed by atoms with van der Waals surface area (Å²) in [4.78, 5) is 57.2. The molecule has 3 N–H and O–H groups in total. The molecule has 24 heteroatoms. The van der Waals surface area contributed by atoms with Crippen LogP contribution in [0.25, 0.3) is 66.5 Å². The molecule has 9 heterocycles. The summed E-state index contributed by atoms with van der Waals surface area (Å²) in [5, 5.41) is 31.0. The van der Waals surface area contributed by atoms with Gasteiger partial charge in [0.2, 0.25) is 0 Å². The Morgan fingerprint density at radius 3 is 1.13 bits per heavy atom. The Kier molecular flexibility index (Phi) is 18.0. The minimum Gasteiger partial charge on any atom is -0.322 e. The maximum Gasteiger partial charge on any atom is 0.252 e. The van der Waals surface area contributed by atoms with Gasteiger partial charge < -0.3 is 19.5 Å². The van der Waals surface area contributed by atoms with Crippen molar-refractivity contribution in [2.75, 3.05) is 0 Å². The van der Waals surface area contributed by atoms with Crippen molar-refractivity contribution in [3.8, 4) is 33.8 Å². The summed E-state index contributed by atoms with van der Waals surface area (Å²) in [5.41, 5.74) is 5.18. The SMILES string of the molecule is CCn1ncc2c(F)cc(-c3ccc(C(CC)(CC)c4ncn(C)n4)c(=O)[nH]3)cc21.CCn1ncc2c(F)cc(-c3ccc(C(CC)(CC)c4ncnn4C)c(=O)[nH]3)cc21.CCn1ncc2c(F)cc(-c3ccc(C(CC)(CC)c4nncn4C)c(=O)[nH]3)cc21. The number of H-pyrrole nitrogens is 3. The maximum atomic E-state index is 14.6. The van der Waals surface area contributed by atoms with Crippen LogP contribution >= 0.6 is 0 Å². The van der Waals surface area contributed by atoms with E-state index in [0.717, 1.165) is 11.6 Å². The number of nitrogens with one attached hydrogen (secondary N) is 3. The van der Waals surface area contributed by atoms with Crippen LogP contribution in [0.1, 0.15) is 135 Å². The summed E-state index contributed by atoms with van der Waals surface area (Å²) in [6.45, 7) is 20.0. The molecule has 0 saturated carbocycles. The van der Waals surface area contributed by atoms with Crippen molar-refractivity contribution in [1.29, 1.82) is 0 Å². The number of fused-ring (bicyclic) bond motifs is 3. The van der Waals surface area contributed by atoms with Crippen LogP contribution in [0.15, 0.2) is 125 Å². The van der Waals surface area contributed by atoms with Crippen molar-refractivity contribution in [2.45, 2.75) is 137 Å². The van der Waals surface area contributed by atoms with E-state index in [9.17, 15) is 27.6 Å². The highest BCUT2D eigenvalue weighted by Gasteiger charge is 2.40. The number of nitrogens with zero attached hydrogens (tertiary/aromatic N) is 15. The molecule has 90 heavy (non-hydrogen) atoms. The maximum absolute atomic E-state index is 14.6. The first kappa shape index (κ1) is 63.2. The van der Waals surface area contributed by atoms with Gasteiger partial charge in [-0.2, -0.15) is 25.5 Å². The van der Waals surface area contributed by atoms with E-state index in [1.165, 1.54) is 43.1 Å². The van der Waals surface area contributed by atoms with Crippen LogP contribution in [0.5, 0.6) is 0 Å². The molecule has 0 radical (unpaired) electrons. The fraction of sp³-hybridized carbons (Fsp3) is 0.364. The van der Waals surface area contributed by atoms with Gasteiger partial charge in [0, 0.05) is 91.2 Å². The Morgan fingerprint density at radius 1 is 0.456 bits per heavy atom. The second-order valence-corrected chi connectivity index (χ2v) is 22.5. The molecular weight excluding hydrogens is 1150 g/mol. The van der Waals surface area contributed by atoms with Gasteiger partial charge >= 0.3 is 0 Å². The van der Waals surface area contributed by atoms with Crippen LogP contribution in [0.2, 0.25) is 0 Å². The van der Waals surface area contributed by atoms with Crippen molar-refractivity contribution in [3.63, 3.8) is 0 Å². The summed E-state index contributed by atoms with van der Waals surface area (Å²) in [5.74, 6) is 1.06. The van der Waals surface area contributed by atoms with Crippen LogP contribution in [0, 0.1) is 17.5 Å². The molecule has 0 unspecified atom stereocenters. The number of halogens is 3. The van der Waals surface area contributed by atoms with Gasteiger partial charge in [0.05, 0.1) is 67.5 Å². The van der Waals surface area contributed by atoms with Crippen molar-refractivity contribution < 1.29 is 13.2 Å². The molecule has 468 valence electrons. The highest BCUT2D eigenvalue weighted by atomic mass is 19.1. The molecule has 0 bridgehead atoms. The van der Waals surface area contributed by atoms with Crippen LogP contribution in [0.4, 0.5) is 13.2 Å². The number of aromatic nitrogens is 18.